The van der Waals surface area contributed by atoms with Crippen molar-refractivity contribution in [1.29, 1.82) is 0 Å². The monoisotopic (exact) mass is 248 g/mol. The van der Waals surface area contributed by atoms with Crippen LogP contribution < -0.4 is 0 Å². The number of epoxide rings is 1. The SMILES string of the molecule is CC(CCCC1(C(=O)O)CO1)Cc1ccccc1. The summed E-state index contributed by atoms with van der Waals surface area (Å²) >= 11 is 0. The van der Waals surface area contributed by atoms with E-state index in [1.54, 1.807) is 0 Å². The number of rotatable bonds is 7. The Bertz CT molecular complexity index is 395. The highest BCUT2D eigenvalue weighted by Gasteiger charge is 2.51. The van der Waals surface area contributed by atoms with Crippen LogP contribution in [0.25, 0.3) is 0 Å². The van der Waals surface area contributed by atoms with Crippen molar-refractivity contribution in [1.82, 2.24) is 0 Å². The molecule has 18 heavy (non-hydrogen) atoms. The second kappa shape index (κ2) is 5.53. The van der Waals surface area contributed by atoms with E-state index >= 15 is 0 Å². The molecule has 1 aliphatic heterocycles. The molecule has 0 saturated carbocycles. The van der Waals surface area contributed by atoms with E-state index in [0.29, 0.717) is 18.9 Å². The molecule has 1 N–H and O–H groups in total. The summed E-state index contributed by atoms with van der Waals surface area (Å²) in [7, 11) is 0. The molecule has 3 heteroatoms. The zero-order chi connectivity index (χ0) is 13.0. The maximum atomic E-state index is 10.9. The maximum absolute atomic E-state index is 10.9. The second-order valence-corrected chi connectivity index (χ2v) is 5.28. The lowest BCUT2D eigenvalue weighted by atomic mass is 9.93. The number of aliphatic carboxylic acids is 1. The minimum absolute atomic E-state index is 0.384. The molecule has 0 aromatic heterocycles. The van der Waals surface area contributed by atoms with Crippen molar-refractivity contribution in [3.05, 3.63) is 35.9 Å². The molecule has 2 rings (SSSR count). The number of hydrogen-bond acceptors (Lipinski definition) is 2. The molecule has 1 aromatic carbocycles. The molecule has 2 atom stereocenters. The molecule has 0 bridgehead atoms. The third-order valence-corrected chi connectivity index (χ3v) is 3.59. The fourth-order valence-electron chi connectivity index (χ4n) is 2.32. The number of carboxylic acid groups (broad SMARTS) is 1. The molecule has 1 aliphatic rings. The van der Waals surface area contributed by atoms with Crippen LogP contribution in [0.15, 0.2) is 30.3 Å². The highest BCUT2D eigenvalue weighted by atomic mass is 16.6. The van der Waals surface area contributed by atoms with Crippen molar-refractivity contribution in [3.8, 4) is 0 Å². The predicted octanol–water partition coefficient (Wildman–Crippen LogP) is 2.89. The Balaban J connectivity index is 1.69. The van der Waals surface area contributed by atoms with Gasteiger partial charge in [0.1, 0.15) is 0 Å². The standard InChI is InChI=1S/C15H20O3/c1-12(10-13-7-3-2-4-8-13)6-5-9-15(11-18-15)14(16)17/h2-4,7-8,12H,5-6,9-11H2,1H3,(H,16,17). The second-order valence-electron chi connectivity index (χ2n) is 5.28. The Kier molecular flexibility index (Phi) is 4.02. The average molecular weight is 248 g/mol. The molecule has 1 saturated heterocycles. The summed E-state index contributed by atoms with van der Waals surface area (Å²) in [6, 6.07) is 10.4. The van der Waals surface area contributed by atoms with Gasteiger partial charge in [0.25, 0.3) is 0 Å². The number of ether oxygens (including phenoxy) is 1. The van der Waals surface area contributed by atoms with Crippen LogP contribution in [-0.4, -0.2) is 23.3 Å². The van der Waals surface area contributed by atoms with Crippen molar-refractivity contribution >= 4 is 5.97 Å². The summed E-state index contributed by atoms with van der Waals surface area (Å²) in [4.78, 5) is 10.9. The van der Waals surface area contributed by atoms with Crippen LogP contribution in [-0.2, 0) is 16.0 Å². The Hall–Kier alpha value is -1.35. The van der Waals surface area contributed by atoms with E-state index in [2.05, 4.69) is 31.2 Å². The van der Waals surface area contributed by atoms with Gasteiger partial charge in [-0.2, -0.15) is 0 Å². The lowest BCUT2D eigenvalue weighted by Gasteiger charge is -2.12. The van der Waals surface area contributed by atoms with Crippen LogP contribution in [0.4, 0.5) is 0 Å². The summed E-state index contributed by atoms with van der Waals surface area (Å²) < 4.78 is 5.06. The van der Waals surface area contributed by atoms with E-state index in [-0.39, 0.29) is 0 Å². The van der Waals surface area contributed by atoms with Crippen LogP contribution in [0.2, 0.25) is 0 Å². The average Bonchev–Trinajstić information content (AvgIpc) is 3.11. The zero-order valence-corrected chi connectivity index (χ0v) is 10.8. The smallest absolute Gasteiger partial charge is 0.338 e. The molecule has 1 fully saturated rings. The van der Waals surface area contributed by atoms with E-state index in [1.807, 2.05) is 6.07 Å². The molecular weight excluding hydrogens is 228 g/mol. The van der Waals surface area contributed by atoms with Gasteiger partial charge in [0, 0.05) is 0 Å². The first-order chi connectivity index (χ1) is 8.62. The molecular formula is C15H20O3. The number of carbonyl (C=O) groups is 1. The molecule has 2 unspecified atom stereocenters. The number of carboxylic acids is 1. The molecule has 98 valence electrons. The topological polar surface area (TPSA) is 49.8 Å². The molecule has 0 spiro atoms. The third kappa shape index (κ3) is 3.33. The van der Waals surface area contributed by atoms with Gasteiger partial charge >= 0.3 is 5.97 Å². The molecule has 3 nitrogen and oxygen atoms in total. The summed E-state index contributed by atoms with van der Waals surface area (Å²) in [6.45, 7) is 2.60. The fraction of sp³-hybridized carbons (Fsp3) is 0.533. The van der Waals surface area contributed by atoms with E-state index < -0.39 is 11.6 Å². The Morgan fingerprint density at radius 3 is 2.67 bits per heavy atom. The summed E-state index contributed by atoms with van der Waals surface area (Å²) in [5, 5.41) is 8.98. The number of hydrogen-bond donors (Lipinski definition) is 1. The first-order valence-electron chi connectivity index (χ1n) is 6.54. The van der Waals surface area contributed by atoms with Crippen LogP contribution in [0.1, 0.15) is 31.7 Å². The van der Waals surface area contributed by atoms with Crippen LogP contribution in [0, 0.1) is 5.92 Å². The molecule has 0 amide bonds. The highest BCUT2D eigenvalue weighted by Crippen LogP contribution is 2.33. The Morgan fingerprint density at radius 1 is 1.44 bits per heavy atom. The molecule has 0 aliphatic carbocycles. The highest BCUT2D eigenvalue weighted by molar-refractivity contribution is 5.80. The van der Waals surface area contributed by atoms with E-state index in [0.717, 1.165) is 19.3 Å². The number of benzene rings is 1. The minimum Gasteiger partial charge on any atom is -0.479 e. The summed E-state index contributed by atoms with van der Waals surface area (Å²) in [5.41, 5.74) is 0.507. The van der Waals surface area contributed by atoms with Gasteiger partial charge in [0.15, 0.2) is 5.60 Å². The van der Waals surface area contributed by atoms with Crippen molar-refractivity contribution in [3.63, 3.8) is 0 Å². The van der Waals surface area contributed by atoms with Crippen molar-refractivity contribution in [2.45, 2.75) is 38.2 Å². The lowest BCUT2D eigenvalue weighted by Crippen LogP contribution is -2.24. The summed E-state index contributed by atoms with van der Waals surface area (Å²) in [6.07, 6.45) is 3.66. The third-order valence-electron chi connectivity index (χ3n) is 3.59. The lowest BCUT2D eigenvalue weighted by molar-refractivity contribution is -0.143. The summed E-state index contributed by atoms with van der Waals surface area (Å²) in [5.74, 6) is -0.227. The molecule has 0 radical (unpaired) electrons. The Labute approximate surface area is 108 Å². The first kappa shape index (κ1) is 13.1. The van der Waals surface area contributed by atoms with Crippen LogP contribution >= 0.6 is 0 Å². The van der Waals surface area contributed by atoms with Gasteiger partial charge in [0.2, 0.25) is 0 Å². The zero-order valence-electron chi connectivity index (χ0n) is 10.8. The van der Waals surface area contributed by atoms with Gasteiger partial charge in [-0.25, -0.2) is 4.79 Å². The van der Waals surface area contributed by atoms with Gasteiger partial charge < -0.3 is 9.84 Å². The van der Waals surface area contributed by atoms with Gasteiger partial charge in [-0.05, 0) is 30.7 Å². The molecule has 1 heterocycles. The van der Waals surface area contributed by atoms with Crippen molar-refractivity contribution < 1.29 is 14.6 Å². The van der Waals surface area contributed by atoms with Crippen LogP contribution in [0.3, 0.4) is 0 Å². The fourth-order valence-corrected chi connectivity index (χ4v) is 2.32. The van der Waals surface area contributed by atoms with Gasteiger partial charge in [0.05, 0.1) is 6.61 Å². The van der Waals surface area contributed by atoms with Crippen LogP contribution in [0.5, 0.6) is 0 Å². The maximum Gasteiger partial charge on any atom is 0.338 e. The minimum atomic E-state index is -0.841. The largest absolute Gasteiger partial charge is 0.479 e. The van der Waals surface area contributed by atoms with Crippen molar-refractivity contribution in [2.75, 3.05) is 6.61 Å². The van der Waals surface area contributed by atoms with Crippen molar-refractivity contribution in [2.24, 2.45) is 5.92 Å². The predicted molar refractivity (Wildman–Crippen MR) is 69.5 cm³/mol. The quantitative estimate of drug-likeness (QED) is 0.755. The first-order valence-corrected chi connectivity index (χ1v) is 6.54. The van der Waals surface area contributed by atoms with E-state index in [9.17, 15) is 4.79 Å². The molecule has 1 aromatic rings. The normalized spacial score (nSPS) is 23.6. The Morgan fingerprint density at radius 2 is 2.11 bits per heavy atom. The van der Waals surface area contributed by atoms with Gasteiger partial charge in [-0.3, -0.25) is 0 Å². The van der Waals surface area contributed by atoms with Gasteiger partial charge in [-0.15, -0.1) is 0 Å². The van der Waals surface area contributed by atoms with E-state index in [1.165, 1.54) is 5.56 Å². The van der Waals surface area contributed by atoms with E-state index in [4.69, 9.17) is 9.84 Å². The van der Waals surface area contributed by atoms with Gasteiger partial charge in [-0.1, -0.05) is 43.7 Å².